The van der Waals surface area contributed by atoms with Crippen LogP contribution in [-0.4, -0.2) is 32.1 Å². The van der Waals surface area contributed by atoms with E-state index in [0.717, 1.165) is 5.56 Å². The number of rotatable bonds is 3. The molecule has 0 saturated carbocycles. The summed E-state index contributed by atoms with van der Waals surface area (Å²) in [4.78, 5) is 11.6. The van der Waals surface area contributed by atoms with Gasteiger partial charge in [0, 0.05) is 6.04 Å². The molecule has 1 aromatic carbocycles. The summed E-state index contributed by atoms with van der Waals surface area (Å²) in [5.41, 5.74) is 0.920. The molecule has 19 heavy (non-hydrogen) atoms. The van der Waals surface area contributed by atoms with E-state index in [4.69, 9.17) is 4.74 Å². The lowest BCUT2D eigenvalue weighted by Crippen LogP contribution is -2.41. The zero-order chi connectivity index (χ0) is 13.7. The van der Waals surface area contributed by atoms with Crippen LogP contribution in [0.1, 0.15) is 18.4 Å². The predicted octanol–water partition coefficient (Wildman–Crippen LogP) is 1.49. The second-order valence-corrected chi connectivity index (χ2v) is 6.94. The SMILES string of the molecule is O=C(NC1CCS(=O)(=O)CC1)OCc1ccccc1. The number of hydrogen-bond acceptors (Lipinski definition) is 4. The van der Waals surface area contributed by atoms with Crippen LogP contribution in [0.3, 0.4) is 0 Å². The summed E-state index contributed by atoms with van der Waals surface area (Å²) >= 11 is 0. The van der Waals surface area contributed by atoms with Crippen LogP contribution in [0.5, 0.6) is 0 Å². The number of hydrogen-bond donors (Lipinski definition) is 1. The summed E-state index contributed by atoms with van der Waals surface area (Å²) < 4.78 is 27.6. The summed E-state index contributed by atoms with van der Waals surface area (Å²) in [6.45, 7) is 0.220. The molecule has 6 heteroatoms. The third-order valence-electron chi connectivity index (χ3n) is 3.09. The molecule has 0 aliphatic carbocycles. The van der Waals surface area contributed by atoms with Crippen molar-refractivity contribution in [2.45, 2.75) is 25.5 Å². The summed E-state index contributed by atoms with van der Waals surface area (Å²) in [5, 5.41) is 2.70. The molecule has 0 spiro atoms. The van der Waals surface area contributed by atoms with Crippen LogP contribution in [-0.2, 0) is 21.2 Å². The second-order valence-electron chi connectivity index (χ2n) is 4.63. The highest BCUT2D eigenvalue weighted by molar-refractivity contribution is 7.91. The lowest BCUT2D eigenvalue weighted by atomic mass is 10.2. The minimum absolute atomic E-state index is 0.105. The van der Waals surface area contributed by atoms with Crippen LogP contribution in [0.4, 0.5) is 4.79 Å². The number of carbonyl (C=O) groups excluding carboxylic acids is 1. The zero-order valence-electron chi connectivity index (χ0n) is 10.5. The van der Waals surface area contributed by atoms with Gasteiger partial charge in [-0.2, -0.15) is 0 Å². The van der Waals surface area contributed by atoms with Crippen molar-refractivity contribution in [2.24, 2.45) is 0 Å². The maximum absolute atomic E-state index is 11.6. The van der Waals surface area contributed by atoms with Crippen molar-refractivity contribution in [1.29, 1.82) is 0 Å². The van der Waals surface area contributed by atoms with Gasteiger partial charge in [0.1, 0.15) is 16.4 Å². The summed E-state index contributed by atoms with van der Waals surface area (Å²) in [7, 11) is -2.90. The standard InChI is InChI=1S/C13H17NO4S/c15-13(18-10-11-4-2-1-3-5-11)14-12-6-8-19(16,17)9-7-12/h1-5,12H,6-10H2,(H,14,15). The quantitative estimate of drug-likeness (QED) is 0.912. The summed E-state index contributed by atoms with van der Waals surface area (Å²) in [5.74, 6) is 0.271. The minimum Gasteiger partial charge on any atom is -0.445 e. The van der Waals surface area contributed by atoms with E-state index in [1.807, 2.05) is 30.3 Å². The first-order valence-corrected chi connectivity index (χ1v) is 8.05. The minimum atomic E-state index is -2.90. The Bertz CT molecular complexity index is 513. The number of alkyl carbamates (subject to hydrolysis) is 1. The Kier molecular flexibility index (Phi) is 4.42. The lowest BCUT2D eigenvalue weighted by molar-refractivity contribution is 0.135. The van der Waals surface area contributed by atoms with E-state index in [-0.39, 0.29) is 24.2 Å². The van der Waals surface area contributed by atoms with Gasteiger partial charge in [-0.05, 0) is 18.4 Å². The molecule has 0 aromatic heterocycles. The molecule has 0 atom stereocenters. The second kappa shape index (κ2) is 6.06. The average Bonchev–Trinajstić information content (AvgIpc) is 2.40. The number of carbonyl (C=O) groups is 1. The lowest BCUT2D eigenvalue weighted by Gasteiger charge is -2.22. The van der Waals surface area contributed by atoms with Crippen molar-refractivity contribution < 1.29 is 17.9 Å². The third-order valence-corrected chi connectivity index (χ3v) is 4.80. The fraction of sp³-hybridized carbons (Fsp3) is 0.462. The maximum Gasteiger partial charge on any atom is 0.407 e. The molecule has 0 bridgehead atoms. The Morgan fingerprint density at radius 3 is 2.47 bits per heavy atom. The average molecular weight is 283 g/mol. The molecule has 1 amide bonds. The van der Waals surface area contributed by atoms with E-state index in [0.29, 0.717) is 12.8 Å². The highest BCUT2D eigenvalue weighted by Gasteiger charge is 2.24. The fourth-order valence-electron chi connectivity index (χ4n) is 1.97. The van der Waals surface area contributed by atoms with Gasteiger partial charge in [-0.1, -0.05) is 30.3 Å². The molecular formula is C13H17NO4S. The van der Waals surface area contributed by atoms with Gasteiger partial charge in [0.15, 0.2) is 0 Å². The predicted molar refractivity (Wildman–Crippen MR) is 71.4 cm³/mol. The first-order chi connectivity index (χ1) is 9.05. The Labute approximate surface area is 112 Å². The Morgan fingerprint density at radius 1 is 1.21 bits per heavy atom. The molecule has 1 aliphatic rings. The van der Waals surface area contributed by atoms with Crippen molar-refractivity contribution in [3.8, 4) is 0 Å². The van der Waals surface area contributed by atoms with Crippen molar-refractivity contribution in [1.82, 2.24) is 5.32 Å². The molecule has 1 fully saturated rings. The number of ether oxygens (including phenoxy) is 1. The molecule has 1 N–H and O–H groups in total. The van der Waals surface area contributed by atoms with E-state index in [1.54, 1.807) is 0 Å². The van der Waals surface area contributed by atoms with Gasteiger partial charge in [-0.3, -0.25) is 0 Å². The number of nitrogens with one attached hydrogen (secondary N) is 1. The van der Waals surface area contributed by atoms with Gasteiger partial charge in [0.2, 0.25) is 0 Å². The zero-order valence-corrected chi connectivity index (χ0v) is 11.4. The largest absolute Gasteiger partial charge is 0.445 e. The molecule has 0 radical (unpaired) electrons. The van der Waals surface area contributed by atoms with E-state index >= 15 is 0 Å². The summed E-state index contributed by atoms with van der Waals surface area (Å²) in [6, 6.07) is 9.30. The molecule has 0 unspecified atom stereocenters. The van der Waals surface area contributed by atoms with Crippen molar-refractivity contribution >= 4 is 15.9 Å². The van der Waals surface area contributed by atoms with Crippen LogP contribution in [0, 0.1) is 0 Å². The topological polar surface area (TPSA) is 72.5 Å². The van der Waals surface area contributed by atoms with Crippen molar-refractivity contribution in [3.05, 3.63) is 35.9 Å². The van der Waals surface area contributed by atoms with E-state index in [9.17, 15) is 13.2 Å². The van der Waals surface area contributed by atoms with Gasteiger partial charge in [0.25, 0.3) is 0 Å². The Hall–Kier alpha value is -1.56. The molecule has 1 aliphatic heterocycles. The van der Waals surface area contributed by atoms with E-state index in [1.165, 1.54) is 0 Å². The van der Waals surface area contributed by atoms with E-state index in [2.05, 4.69) is 5.32 Å². The van der Waals surface area contributed by atoms with Crippen molar-refractivity contribution in [2.75, 3.05) is 11.5 Å². The highest BCUT2D eigenvalue weighted by atomic mass is 32.2. The monoisotopic (exact) mass is 283 g/mol. The summed E-state index contributed by atoms with van der Waals surface area (Å²) in [6.07, 6.45) is 0.430. The first-order valence-electron chi connectivity index (χ1n) is 6.23. The van der Waals surface area contributed by atoms with Crippen LogP contribution >= 0.6 is 0 Å². The van der Waals surface area contributed by atoms with E-state index < -0.39 is 15.9 Å². The van der Waals surface area contributed by atoms with Gasteiger partial charge in [0.05, 0.1) is 11.5 Å². The molecule has 1 heterocycles. The van der Waals surface area contributed by atoms with Gasteiger partial charge < -0.3 is 10.1 Å². The Balaban J connectivity index is 1.73. The molecule has 5 nitrogen and oxygen atoms in total. The van der Waals surface area contributed by atoms with Crippen LogP contribution in [0.2, 0.25) is 0 Å². The highest BCUT2D eigenvalue weighted by Crippen LogP contribution is 2.12. The van der Waals surface area contributed by atoms with Gasteiger partial charge in [-0.15, -0.1) is 0 Å². The number of amides is 1. The molecule has 2 rings (SSSR count). The fourth-order valence-corrected chi connectivity index (χ4v) is 3.46. The Morgan fingerprint density at radius 2 is 1.84 bits per heavy atom. The third kappa shape index (κ3) is 4.55. The molecule has 1 saturated heterocycles. The van der Waals surface area contributed by atoms with Crippen LogP contribution in [0.15, 0.2) is 30.3 Å². The van der Waals surface area contributed by atoms with Crippen LogP contribution < -0.4 is 5.32 Å². The van der Waals surface area contributed by atoms with Gasteiger partial charge >= 0.3 is 6.09 Å². The number of benzene rings is 1. The normalized spacial score (nSPS) is 18.7. The molecular weight excluding hydrogens is 266 g/mol. The van der Waals surface area contributed by atoms with Crippen LogP contribution in [0.25, 0.3) is 0 Å². The van der Waals surface area contributed by atoms with Gasteiger partial charge in [-0.25, -0.2) is 13.2 Å². The number of sulfone groups is 1. The first kappa shape index (κ1) is 13.9. The molecule has 104 valence electrons. The smallest absolute Gasteiger partial charge is 0.407 e. The van der Waals surface area contributed by atoms with Crippen molar-refractivity contribution in [3.63, 3.8) is 0 Å². The molecule has 1 aromatic rings. The maximum atomic E-state index is 11.6.